The monoisotopic (exact) mass is 242 g/mol. The van der Waals surface area contributed by atoms with Gasteiger partial charge in [-0.25, -0.2) is 10.2 Å². The lowest BCUT2D eigenvalue weighted by molar-refractivity contribution is 0.252. The van der Waals surface area contributed by atoms with Crippen molar-refractivity contribution < 1.29 is 4.79 Å². The number of aromatic nitrogens is 1. The minimum absolute atomic E-state index is 0.369. The van der Waals surface area contributed by atoms with Gasteiger partial charge in [-0.2, -0.15) is 5.10 Å². The summed E-state index contributed by atoms with van der Waals surface area (Å²) in [7, 11) is 1.91. The van der Waals surface area contributed by atoms with E-state index < -0.39 is 0 Å². The first-order chi connectivity index (χ1) is 8.75. The number of carbonyl (C=O) groups excluding carboxylic acids is 1. The molecule has 5 nitrogen and oxygen atoms in total. The van der Waals surface area contributed by atoms with Crippen molar-refractivity contribution in [2.75, 3.05) is 5.32 Å². The van der Waals surface area contributed by atoms with Crippen LogP contribution in [-0.4, -0.2) is 16.8 Å². The number of carbonyl (C=O) groups is 1. The molecule has 0 saturated carbocycles. The highest BCUT2D eigenvalue weighted by Gasteiger charge is 1.98. The standard InChI is InChI=1S/C13H14N4O/c1-17-9-5-8-12(17)10-14-16-13(18)15-11-6-3-2-4-7-11/h2-10H,1H3,(H2,15,16,18)/b14-10+. The van der Waals surface area contributed by atoms with E-state index in [-0.39, 0.29) is 6.03 Å². The Labute approximate surface area is 105 Å². The van der Waals surface area contributed by atoms with Crippen LogP contribution in [0, 0.1) is 0 Å². The highest BCUT2D eigenvalue weighted by atomic mass is 16.2. The molecule has 2 N–H and O–H groups in total. The smallest absolute Gasteiger partial charge is 0.339 e. The van der Waals surface area contributed by atoms with Gasteiger partial charge >= 0.3 is 6.03 Å². The first-order valence-corrected chi connectivity index (χ1v) is 5.52. The fraction of sp³-hybridized carbons (Fsp3) is 0.0769. The number of hydrogen-bond acceptors (Lipinski definition) is 2. The summed E-state index contributed by atoms with van der Waals surface area (Å²) in [6, 6.07) is 12.6. The maximum Gasteiger partial charge on any atom is 0.339 e. The fourth-order valence-corrected chi connectivity index (χ4v) is 1.45. The Hall–Kier alpha value is -2.56. The third-order valence-corrected chi connectivity index (χ3v) is 2.38. The Morgan fingerprint density at radius 3 is 2.67 bits per heavy atom. The Morgan fingerprint density at radius 2 is 2.00 bits per heavy atom. The summed E-state index contributed by atoms with van der Waals surface area (Å²) in [5.74, 6) is 0. The SMILES string of the molecule is Cn1cccc1/C=N/NC(=O)Nc1ccccc1. The number of nitrogens with one attached hydrogen (secondary N) is 2. The van der Waals surface area contributed by atoms with Gasteiger partial charge in [0.25, 0.3) is 0 Å². The number of nitrogens with zero attached hydrogens (tertiary/aromatic N) is 2. The molecule has 2 aromatic rings. The van der Waals surface area contributed by atoms with E-state index in [2.05, 4.69) is 15.8 Å². The lowest BCUT2D eigenvalue weighted by atomic mass is 10.3. The van der Waals surface area contributed by atoms with Crippen LogP contribution in [-0.2, 0) is 7.05 Å². The van der Waals surface area contributed by atoms with E-state index in [1.807, 2.05) is 48.1 Å². The van der Waals surface area contributed by atoms with Gasteiger partial charge in [0.05, 0.1) is 11.9 Å². The molecule has 0 fully saturated rings. The number of para-hydroxylation sites is 1. The van der Waals surface area contributed by atoms with Crippen LogP contribution in [0.3, 0.4) is 0 Å². The van der Waals surface area contributed by atoms with Crippen molar-refractivity contribution in [2.24, 2.45) is 12.1 Å². The van der Waals surface area contributed by atoms with E-state index in [1.54, 1.807) is 18.3 Å². The summed E-state index contributed by atoms with van der Waals surface area (Å²) in [5.41, 5.74) is 4.04. The molecule has 0 saturated heterocycles. The first kappa shape index (κ1) is 11.9. The highest BCUT2D eigenvalue weighted by Crippen LogP contribution is 2.03. The average Bonchev–Trinajstić information content (AvgIpc) is 2.76. The molecular weight excluding hydrogens is 228 g/mol. The molecule has 0 unspecified atom stereocenters. The zero-order valence-corrected chi connectivity index (χ0v) is 10.00. The van der Waals surface area contributed by atoms with E-state index in [4.69, 9.17) is 0 Å². The zero-order chi connectivity index (χ0) is 12.8. The van der Waals surface area contributed by atoms with Crippen LogP contribution in [0.15, 0.2) is 53.8 Å². The van der Waals surface area contributed by atoms with Crippen molar-refractivity contribution in [3.63, 3.8) is 0 Å². The van der Waals surface area contributed by atoms with E-state index in [0.717, 1.165) is 11.4 Å². The van der Waals surface area contributed by atoms with Crippen molar-refractivity contribution in [1.82, 2.24) is 9.99 Å². The van der Waals surface area contributed by atoms with Gasteiger partial charge in [0.1, 0.15) is 0 Å². The molecule has 0 aliphatic heterocycles. The van der Waals surface area contributed by atoms with Gasteiger partial charge in [-0.3, -0.25) is 0 Å². The molecular formula is C13H14N4O. The third kappa shape index (κ3) is 3.21. The molecule has 1 heterocycles. The van der Waals surface area contributed by atoms with E-state index in [1.165, 1.54) is 0 Å². The minimum Gasteiger partial charge on any atom is -0.350 e. The minimum atomic E-state index is -0.369. The molecule has 2 rings (SSSR count). The van der Waals surface area contributed by atoms with Gasteiger partial charge in [0, 0.05) is 18.9 Å². The number of urea groups is 1. The van der Waals surface area contributed by atoms with Crippen molar-refractivity contribution in [1.29, 1.82) is 0 Å². The number of amides is 2. The summed E-state index contributed by atoms with van der Waals surface area (Å²) in [4.78, 5) is 11.5. The van der Waals surface area contributed by atoms with Crippen molar-refractivity contribution in [3.8, 4) is 0 Å². The average molecular weight is 242 g/mol. The van der Waals surface area contributed by atoms with Crippen molar-refractivity contribution >= 4 is 17.9 Å². The summed E-state index contributed by atoms with van der Waals surface area (Å²) < 4.78 is 1.90. The van der Waals surface area contributed by atoms with Gasteiger partial charge < -0.3 is 9.88 Å². The lowest BCUT2D eigenvalue weighted by Gasteiger charge is -2.03. The van der Waals surface area contributed by atoms with Gasteiger partial charge in [-0.1, -0.05) is 18.2 Å². The zero-order valence-electron chi connectivity index (χ0n) is 10.00. The second-order valence-electron chi connectivity index (χ2n) is 3.73. The molecule has 0 aliphatic carbocycles. The molecule has 0 atom stereocenters. The van der Waals surface area contributed by atoms with Crippen LogP contribution in [0.1, 0.15) is 5.69 Å². The van der Waals surface area contributed by atoms with Crippen LogP contribution >= 0.6 is 0 Å². The Morgan fingerprint density at radius 1 is 1.22 bits per heavy atom. The molecule has 1 aromatic heterocycles. The molecule has 2 amide bonds. The summed E-state index contributed by atoms with van der Waals surface area (Å²) in [6.45, 7) is 0. The van der Waals surface area contributed by atoms with Gasteiger partial charge in [0.15, 0.2) is 0 Å². The third-order valence-electron chi connectivity index (χ3n) is 2.38. The molecule has 5 heteroatoms. The Bertz CT molecular complexity index is 545. The van der Waals surface area contributed by atoms with E-state index in [0.29, 0.717) is 0 Å². The number of hydrazone groups is 1. The first-order valence-electron chi connectivity index (χ1n) is 5.52. The van der Waals surface area contributed by atoms with Crippen molar-refractivity contribution in [3.05, 3.63) is 54.4 Å². The molecule has 0 radical (unpaired) electrons. The van der Waals surface area contributed by atoms with Gasteiger partial charge in [-0.05, 0) is 24.3 Å². The normalized spacial score (nSPS) is 10.5. The number of rotatable bonds is 3. The lowest BCUT2D eigenvalue weighted by Crippen LogP contribution is -2.24. The molecule has 0 bridgehead atoms. The van der Waals surface area contributed by atoms with Crippen LogP contribution in [0.2, 0.25) is 0 Å². The summed E-state index contributed by atoms with van der Waals surface area (Å²) in [5, 5.41) is 6.53. The largest absolute Gasteiger partial charge is 0.350 e. The number of aryl methyl sites for hydroxylation is 1. The van der Waals surface area contributed by atoms with Crippen LogP contribution in [0.4, 0.5) is 10.5 Å². The quantitative estimate of drug-likeness (QED) is 0.629. The molecule has 0 aliphatic rings. The van der Waals surface area contributed by atoms with Crippen LogP contribution in [0.25, 0.3) is 0 Å². The van der Waals surface area contributed by atoms with Gasteiger partial charge in [-0.15, -0.1) is 0 Å². The molecule has 92 valence electrons. The molecule has 0 spiro atoms. The number of benzene rings is 1. The summed E-state index contributed by atoms with van der Waals surface area (Å²) in [6.07, 6.45) is 3.50. The second-order valence-corrected chi connectivity index (χ2v) is 3.73. The molecule has 1 aromatic carbocycles. The predicted molar refractivity (Wildman–Crippen MR) is 71.6 cm³/mol. The second kappa shape index (κ2) is 5.67. The van der Waals surface area contributed by atoms with Crippen LogP contribution < -0.4 is 10.7 Å². The van der Waals surface area contributed by atoms with Crippen molar-refractivity contribution in [2.45, 2.75) is 0 Å². The predicted octanol–water partition coefficient (Wildman–Crippen LogP) is 2.18. The topological polar surface area (TPSA) is 58.4 Å². The van der Waals surface area contributed by atoms with E-state index in [9.17, 15) is 4.79 Å². The van der Waals surface area contributed by atoms with E-state index >= 15 is 0 Å². The van der Waals surface area contributed by atoms with Crippen LogP contribution in [0.5, 0.6) is 0 Å². The van der Waals surface area contributed by atoms with Gasteiger partial charge in [0.2, 0.25) is 0 Å². The number of hydrogen-bond donors (Lipinski definition) is 2. The summed E-state index contributed by atoms with van der Waals surface area (Å²) >= 11 is 0. The number of anilines is 1. The fourth-order valence-electron chi connectivity index (χ4n) is 1.45. The molecule has 18 heavy (non-hydrogen) atoms. The highest BCUT2D eigenvalue weighted by molar-refractivity contribution is 5.90. The Balaban J connectivity index is 1.86. The maximum atomic E-state index is 11.5. The Kier molecular flexibility index (Phi) is 3.76. The maximum absolute atomic E-state index is 11.5.